The molecule has 1 rings (SSSR count). The van der Waals surface area contributed by atoms with E-state index in [9.17, 15) is 8.42 Å². The highest BCUT2D eigenvalue weighted by atomic mass is 32.2. The van der Waals surface area contributed by atoms with Crippen LogP contribution in [0.1, 0.15) is 12.7 Å². The van der Waals surface area contributed by atoms with Crippen molar-refractivity contribution >= 4 is 10.0 Å². The molecule has 6 heteroatoms. The fourth-order valence-corrected chi connectivity index (χ4v) is 2.67. The van der Waals surface area contributed by atoms with Gasteiger partial charge in [-0.15, -0.1) is 13.2 Å². The van der Waals surface area contributed by atoms with Crippen LogP contribution in [0.4, 0.5) is 0 Å². The van der Waals surface area contributed by atoms with Crippen LogP contribution in [0, 0.1) is 0 Å². The molecule has 5 nitrogen and oxygen atoms in total. The number of hydrogen-bond acceptors (Lipinski definition) is 3. The molecular formula is C11H17N3O2S. The summed E-state index contributed by atoms with van der Waals surface area (Å²) < 4.78 is 25.7. The molecule has 0 aliphatic rings. The molecule has 0 saturated carbocycles. The highest BCUT2D eigenvalue weighted by Crippen LogP contribution is 2.13. The molecule has 0 fully saturated rings. The zero-order chi connectivity index (χ0) is 12.9. The van der Waals surface area contributed by atoms with Gasteiger partial charge in [0.1, 0.15) is 5.82 Å². The molecule has 0 bridgehead atoms. The van der Waals surface area contributed by atoms with Crippen LogP contribution in [0.25, 0.3) is 0 Å². The fraction of sp³-hybridized carbons (Fsp3) is 0.364. The van der Waals surface area contributed by atoms with Crippen molar-refractivity contribution in [2.45, 2.75) is 18.4 Å². The van der Waals surface area contributed by atoms with Crippen molar-refractivity contribution in [2.75, 3.05) is 13.1 Å². The minimum Gasteiger partial charge on any atom is -0.332 e. The number of imidazole rings is 1. The smallest absolute Gasteiger partial charge is 0.260 e. The van der Waals surface area contributed by atoms with E-state index in [0.29, 0.717) is 12.2 Å². The van der Waals surface area contributed by atoms with Crippen LogP contribution in [0.3, 0.4) is 0 Å². The predicted octanol–water partition coefficient (Wildman–Crippen LogP) is 1.33. The second-order valence-electron chi connectivity index (χ2n) is 3.45. The third-order valence-electron chi connectivity index (χ3n) is 2.22. The molecule has 0 aliphatic carbocycles. The summed E-state index contributed by atoms with van der Waals surface area (Å²) in [5, 5.41) is 0.109. The molecule has 0 unspecified atom stereocenters. The molecule has 1 N–H and O–H groups in total. The summed E-state index contributed by atoms with van der Waals surface area (Å²) in [4.78, 5) is 6.78. The van der Waals surface area contributed by atoms with E-state index in [1.165, 1.54) is 22.7 Å². The first-order chi connectivity index (χ1) is 8.06. The third kappa shape index (κ3) is 3.04. The lowest BCUT2D eigenvalue weighted by molar-refractivity contribution is 0.471. The summed E-state index contributed by atoms with van der Waals surface area (Å²) in [6.45, 7) is 9.48. The van der Waals surface area contributed by atoms with Gasteiger partial charge in [-0.05, 0) is 0 Å². The van der Waals surface area contributed by atoms with Crippen molar-refractivity contribution in [1.29, 1.82) is 0 Å². The summed E-state index contributed by atoms with van der Waals surface area (Å²) in [6.07, 6.45) is 5.09. The molecule has 0 atom stereocenters. The number of nitrogens with one attached hydrogen (secondary N) is 1. The van der Waals surface area contributed by atoms with Crippen molar-refractivity contribution in [3.63, 3.8) is 0 Å². The average molecular weight is 255 g/mol. The predicted molar refractivity (Wildman–Crippen MR) is 67.1 cm³/mol. The Kier molecular flexibility index (Phi) is 4.65. The van der Waals surface area contributed by atoms with Crippen molar-refractivity contribution in [1.82, 2.24) is 14.3 Å². The van der Waals surface area contributed by atoms with Gasteiger partial charge in [0, 0.05) is 19.5 Å². The molecular weight excluding hydrogens is 238 g/mol. The van der Waals surface area contributed by atoms with E-state index in [0.717, 1.165) is 0 Å². The van der Waals surface area contributed by atoms with Gasteiger partial charge in [0.15, 0.2) is 5.03 Å². The highest BCUT2D eigenvalue weighted by molar-refractivity contribution is 7.89. The second kappa shape index (κ2) is 5.79. The van der Waals surface area contributed by atoms with Crippen LogP contribution in [-0.2, 0) is 16.4 Å². The monoisotopic (exact) mass is 255 g/mol. The summed E-state index contributed by atoms with van der Waals surface area (Å²) in [5.74, 6) is 0.653. The quantitative estimate of drug-likeness (QED) is 0.748. The van der Waals surface area contributed by atoms with Crippen molar-refractivity contribution < 1.29 is 8.42 Å². The van der Waals surface area contributed by atoms with Gasteiger partial charge in [-0.3, -0.25) is 0 Å². The van der Waals surface area contributed by atoms with E-state index in [4.69, 9.17) is 0 Å². The Bertz CT molecular complexity index is 481. The molecule has 0 aromatic carbocycles. The molecule has 0 radical (unpaired) electrons. The number of aromatic nitrogens is 2. The Balaban J connectivity index is 3.05. The molecule has 0 aliphatic heterocycles. The molecule has 0 spiro atoms. The van der Waals surface area contributed by atoms with Gasteiger partial charge in [0.05, 0.1) is 6.20 Å². The number of nitrogens with zero attached hydrogens (tertiary/aromatic N) is 2. The maximum atomic E-state index is 12.2. The second-order valence-corrected chi connectivity index (χ2v) is 5.35. The lowest BCUT2D eigenvalue weighted by Crippen LogP contribution is -2.31. The Morgan fingerprint density at radius 2 is 2.00 bits per heavy atom. The molecule has 17 heavy (non-hydrogen) atoms. The van der Waals surface area contributed by atoms with Gasteiger partial charge in [-0.2, -0.15) is 4.31 Å². The maximum Gasteiger partial charge on any atom is 0.260 e. The van der Waals surface area contributed by atoms with Gasteiger partial charge in [-0.1, -0.05) is 19.1 Å². The van der Waals surface area contributed by atoms with Gasteiger partial charge in [0.25, 0.3) is 10.0 Å². The Morgan fingerprint density at radius 3 is 2.41 bits per heavy atom. The number of sulfonamides is 1. The fourth-order valence-electron chi connectivity index (χ4n) is 1.35. The normalized spacial score (nSPS) is 11.6. The largest absolute Gasteiger partial charge is 0.332 e. The topological polar surface area (TPSA) is 66.1 Å². The zero-order valence-corrected chi connectivity index (χ0v) is 10.7. The van der Waals surface area contributed by atoms with Gasteiger partial charge in [-0.25, -0.2) is 13.4 Å². The lowest BCUT2D eigenvalue weighted by atomic mass is 10.5. The standard InChI is InChI=1S/C11H17N3O2S/c1-4-7-14(8-5-2)17(15,16)11-9-12-10(6-3)13-11/h4-5,9H,1-2,6-8H2,3H3,(H,12,13). The molecule has 1 aromatic heterocycles. The van der Waals surface area contributed by atoms with Gasteiger partial charge in [0.2, 0.25) is 0 Å². The minimum absolute atomic E-state index is 0.109. The molecule has 0 amide bonds. The maximum absolute atomic E-state index is 12.2. The van der Waals surface area contributed by atoms with Crippen LogP contribution >= 0.6 is 0 Å². The number of H-pyrrole nitrogens is 1. The highest BCUT2D eigenvalue weighted by Gasteiger charge is 2.24. The first kappa shape index (κ1) is 13.7. The average Bonchev–Trinajstić information content (AvgIpc) is 2.78. The SMILES string of the molecule is C=CCN(CC=C)S(=O)(=O)c1cnc(CC)[nH]1. The van der Waals surface area contributed by atoms with E-state index < -0.39 is 10.0 Å². The third-order valence-corrected chi connectivity index (χ3v) is 3.96. The minimum atomic E-state index is -3.54. The van der Waals surface area contributed by atoms with Crippen LogP contribution in [0.15, 0.2) is 36.5 Å². The van der Waals surface area contributed by atoms with Gasteiger partial charge >= 0.3 is 0 Å². The first-order valence-electron chi connectivity index (χ1n) is 5.32. The van der Waals surface area contributed by atoms with Crippen LogP contribution in [-0.4, -0.2) is 35.8 Å². The number of aromatic amines is 1. The molecule has 0 saturated heterocycles. The van der Waals surface area contributed by atoms with Crippen LogP contribution in [0.5, 0.6) is 0 Å². The summed E-state index contributed by atoms with van der Waals surface area (Å²) in [5.41, 5.74) is 0. The van der Waals surface area contributed by atoms with Crippen molar-refractivity contribution in [3.05, 3.63) is 37.3 Å². The first-order valence-corrected chi connectivity index (χ1v) is 6.76. The van der Waals surface area contributed by atoms with E-state index in [1.54, 1.807) is 0 Å². The van der Waals surface area contributed by atoms with E-state index in [-0.39, 0.29) is 18.1 Å². The Morgan fingerprint density at radius 1 is 1.41 bits per heavy atom. The summed E-state index contributed by atoms with van der Waals surface area (Å²) >= 11 is 0. The number of aryl methyl sites for hydroxylation is 1. The van der Waals surface area contributed by atoms with Crippen LogP contribution < -0.4 is 0 Å². The molecule has 94 valence electrons. The van der Waals surface area contributed by atoms with Gasteiger partial charge < -0.3 is 4.98 Å². The van der Waals surface area contributed by atoms with Crippen LogP contribution in [0.2, 0.25) is 0 Å². The van der Waals surface area contributed by atoms with E-state index >= 15 is 0 Å². The summed E-state index contributed by atoms with van der Waals surface area (Å²) in [6, 6.07) is 0. The Hall–Kier alpha value is -1.40. The lowest BCUT2D eigenvalue weighted by Gasteiger charge is -2.17. The van der Waals surface area contributed by atoms with E-state index in [2.05, 4.69) is 23.1 Å². The molecule has 1 aromatic rings. The Labute approximate surface area is 102 Å². The number of rotatable bonds is 7. The summed E-state index contributed by atoms with van der Waals surface area (Å²) in [7, 11) is -3.54. The molecule has 1 heterocycles. The van der Waals surface area contributed by atoms with Crippen molar-refractivity contribution in [2.24, 2.45) is 0 Å². The van der Waals surface area contributed by atoms with E-state index in [1.807, 2.05) is 6.92 Å². The van der Waals surface area contributed by atoms with Crippen molar-refractivity contribution in [3.8, 4) is 0 Å². The number of hydrogen-bond donors (Lipinski definition) is 1. The zero-order valence-electron chi connectivity index (χ0n) is 9.89.